The van der Waals surface area contributed by atoms with Crippen molar-refractivity contribution in [2.75, 3.05) is 5.32 Å². The molecule has 0 aliphatic rings. The van der Waals surface area contributed by atoms with Crippen LogP contribution in [-0.4, -0.2) is 16.1 Å². The van der Waals surface area contributed by atoms with Crippen LogP contribution in [0.15, 0.2) is 46.9 Å². The molecule has 0 aliphatic carbocycles. The molecule has 1 amide bonds. The predicted molar refractivity (Wildman–Crippen MR) is 87.9 cm³/mol. The molecule has 0 aliphatic heterocycles. The summed E-state index contributed by atoms with van der Waals surface area (Å²) in [4.78, 5) is 12.1. The van der Waals surface area contributed by atoms with Crippen LogP contribution >= 0.6 is 0 Å². The smallest absolute Gasteiger partial charge is 0.322 e. The van der Waals surface area contributed by atoms with Crippen molar-refractivity contribution in [1.82, 2.24) is 10.2 Å². The summed E-state index contributed by atoms with van der Waals surface area (Å²) in [7, 11) is 0. The maximum atomic E-state index is 12.9. The highest BCUT2D eigenvalue weighted by molar-refractivity contribution is 5.90. The Hall–Kier alpha value is -3.02. The first-order chi connectivity index (χ1) is 11.5. The van der Waals surface area contributed by atoms with E-state index in [4.69, 9.17) is 4.42 Å². The van der Waals surface area contributed by atoms with Crippen LogP contribution in [0.25, 0.3) is 11.5 Å². The van der Waals surface area contributed by atoms with Gasteiger partial charge < -0.3 is 4.42 Å². The molecular formula is C18H16FN3O2. The lowest BCUT2D eigenvalue weighted by atomic mass is 10.0. The van der Waals surface area contributed by atoms with Gasteiger partial charge in [0.1, 0.15) is 5.82 Å². The maximum absolute atomic E-state index is 12.9. The van der Waals surface area contributed by atoms with Crippen molar-refractivity contribution in [3.05, 3.63) is 65.0 Å². The molecular weight excluding hydrogens is 309 g/mol. The number of aryl methyl sites for hydroxylation is 2. The topological polar surface area (TPSA) is 68.0 Å². The number of nitrogens with one attached hydrogen (secondary N) is 1. The zero-order valence-electron chi connectivity index (χ0n) is 13.3. The highest BCUT2D eigenvalue weighted by Gasteiger charge is 2.13. The first kappa shape index (κ1) is 15.9. The van der Waals surface area contributed by atoms with Gasteiger partial charge >= 0.3 is 6.01 Å². The van der Waals surface area contributed by atoms with E-state index in [2.05, 4.69) is 15.5 Å². The number of aromatic nitrogens is 2. The molecule has 0 fully saturated rings. The number of hydrogen-bond donors (Lipinski definition) is 1. The summed E-state index contributed by atoms with van der Waals surface area (Å²) in [6.45, 7) is 3.94. The molecule has 0 unspecified atom stereocenters. The van der Waals surface area contributed by atoms with Crippen LogP contribution in [0.4, 0.5) is 10.4 Å². The SMILES string of the molecule is Cc1ccc(C)c(CC(=O)Nc2nnc(-c3ccc(F)cc3)o2)c1. The highest BCUT2D eigenvalue weighted by Crippen LogP contribution is 2.20. The van der Waals surface area contributed by atoms with E-state index in [0.29, 0.717) is 5.56 Å². The van der Waals surface area contributed by atoms with E-state index in [1.54, 1.807) is 0 Å². The Morgan fingerprint density at radius 2 is 1.88 bits per heavy atom. The molecule has 24 heavy (non-hydrogen) atoms. The fourth-order valence-electron chi connectivity index (χ4n) is 2.31. The Bertz CT molecular complexity index is 872. The highest BCUT2D eigenvalue weighted by atomic mass is 19.1. The fraction of sp³-hybridized carbons (Fsp3) is 0.167. The Kier molecular flexibility index (Phi) is 4.37. The molecule has 0 atom stereocenters. The number of hydrogen-bond acceptors (Lipinski definition) is 4. The lowest BCUT2D eigenvalue weighted by molar-refractivity contribution is -0.115. The molecule has 3 aromatic rings. The molecule has 0 saturated carbocycles. The van der Waals surface area contributed by atoms with E-state index in [0.717, 1.165) is 16.7 Å². The van der Waals surface area contributed by atoms with E-state index in [1.807, 2.05) is 32.0 Å². The predicted octanol–water partition coefficient (Wildman–Crippen LogP) is 3.67. The molecule has 2 aromatic carbocycles. The molecule has 5 nitrogen and oxygen atoms in total. The number of rotatable bonds is 4. The van der Waals surface area contributed by atoms with Crippen molar-refractivity contribution >= 4 is 11.9 Å². The molecule has 122 valence electrons. The van der Waals surface area contributed by atoms with E-state index in [9.17, 15) is 9.18 Å². The van der Waals surface area contributed by atoms with Gasteiger partial charge in [0.25, 0.3) is 0 Å². The van der Waals surface area contributed by atoms with Crippen molar-refractivity contribution in [3.63, 3.8) is 0 Å². The second-order valence-corrected chi connectivity index (χ2v) is 5.57. The van der Waals surface area contributed by atoms with Crippen LogP contribution in [0.5, 0.6) is 0 Å². The van der Waals surface area contributed by atoms with Crippen molar-refractivity contribution < 1.29 is 13.6 Å². The van der Waals surface area contributed by atoms with Gasteiger partial charge in [0, 0.05) is 5.56 Å². The van der Waals surface area contributed by atoms with Crippen molar-refractivity contribution in [2.24, 2.45) is 0 Å². The monoisotopic (exact) mass is 325 g/mol. The second kappa shape index (κ2) is 6.62. The molecule has 0 saturated heterocycles. The molecule has 1 heterocycles. The summed E-state index contributed by atoms with van der Waals surface area (Å²) in [5.41, 5.74) is 3.68. The lowest BCUT2D eigenvalue weighted by Gasteiger charge is -2.06. The average Bonchev–Trinajstić information content (AvgIpc) is 3.00. The van der Waals surface area contributed by atoms with Crippen molar-refractivity contribution in [1.29, 1.82) is 0 Å². The number of halogens is 1. The molecule has 0 radical (unpaired) electrons. The lowest BCUT2D eigenvalue weighted by Crippen LogP contribution is -2.15. The van der Waals surface area contributed by atoms with Gasteiger partial charge in [-0.25, -0.2) is 4.39 Å². The van der Waals surface area contributed by atoms with E-state index in [-0.39, 0.29) is 30.1 Å². The van der Waals surface area contributed by atoms with Gasteiger partial charge in [-0.2, -0.15) is 0 Å². The number of carbonyl (C=O) groups excluding carboxylic acids is 1. The summed E-state index contributed by atoms with van der Waals surface area (Å²) >= 11 is 0. The molecule has 6 heteroatoms. The first-order valence-corrected chi connectivity index (χ1v) is 7.47. The third-order valence-electron chi connectivity index (χ3n) is 3.62. The van der Waals surface area contributed by atoms with E-state index >= 15 is 0 Å². The second-order valence-electron chi connectivity index (χ2n) is 5.57. The largest absolute Gasteiger partial charge is 0.403 e. The van der Waals surface area contributed by atoms with Gasteiger partial charge in [0.05, 0.1) is 6.42 Å². The third kappa shape index (κ3) is 3.65. The molecule has 1 N–H and O–H groups in total. The average molecular weight is 325 g/mol. The Morgan fingerprint density at radius 1 is 1.12 bits per heavy atom. The Balaban J connectivity index is 1.69. The van der Waals surface area contributed by atoms with Crippen molar-refractivity contribution in [2.45, 2.75) is 20.3 Å². The standard InChI is InChI=1S/C18H16FN3O2/c1-11-3-4-12(2)14(9-11)10-16(23)20-18-22-21-17(24-18)13-5-7-15(19)8-6-13/h3-9H,10H2,1-2H3,(H,20,22,23). The van der Waals surface area contributed by atoms with Gasteiger partial charge in [-0.1, -0.05) is 28.9 Å². The minimum atomic E-state index is -0.347. The van der Waals surface area contributed by atoms with Gasteiger partial charge in [-0.05, 0) is 49.2 Å². The first-order valence-electron chi connectivity index (χ1n) is 7.47. The summed E-state index contributed by atoms with van der Waals surface area (Å²) in [5, 5.41) is 10.2. The fourth-order valence-corrected chi connectivity index (χ4v) is 2.31. The third-order valence-corrected chi connectivity index (χ3v) is 3.62. The minimum Gasteiger partial charge on any atom is -0.403 e. The van der Waals surface area contributed by atoms with Crippen LogP contribution < -0.4 is 5.32 Å². The number of anilines is 1. The molecule has 0 spiro atoms. The van der Waals surface area contributed by atoms with Crippen molar-refractivity contribution in [3.8, 4) is 11.5 Å². The number of amides is 1. The van der Waals surface area contributed by atoms with Crippen LogP contribution in [0, 0.1) is 19.7 Å². The van der Waals surface area contributed by atoms with Gasteiger partial charge in [0.2, 0.25) is 11.8 Å². The molecule has 0 bridgehead atoms. The van der Waals surface area contributed by atoms with Gasteiger partial charge in [0.15, 0.2) is 0 Å². The van der Waals surface area contributed by atoms with Crippen LogP contribution in [0.1, 0.15) is 16.7 Å². The summed E-state index contributed by atoms with van der Waals surface area (Å²) in [5.74, 6) is -0.365. The Morgan fingerprint density at radius 3 is 2.62 bits per heavy atom. The van der Waals surface area contributed by atoms with E-state index < -0.39 is 0 Å². The quantitative estimate of drug-likeness (QED) is 0.794. The summed E-state index contributed by atoms with van der Waals surface area (Å²) < 4.78 is 18.3. The minimum absolute atomic E-state index is 0.0182. The number of nitrogens with zero attached hydrogens (tertiary/aromatic N) is 2. The van der Waals surface area contributed by atoms with Crippen LogP contribution in [0.2, 0.25) is 0 Å². The zero-order valence-corrected chi connectivity index (χ0v) is 13.3. The van der Waals surface area contributed by atoms with Crippen LogP contribution in [0.3, 0.4) is 0 Å². The van der Waals surface area contributed by atoms with Gasteiger partial charge in [-0.15, -0.1) is 5.10 Å². The summed E-state index contributed by atoms with van der Waals surface area (Å²) in [6.07, 6.45) is 0.224. The normalized spacial score (nSPS) is 10.6. The zero-order chi connectivity index (χ0) is 17.1. The molecule has 3 rings (SSSR count). The van der Waals surface area contributed by atoms with Crippen LogP contribution in [-0.2, 0) is 11.2 Å². The van der Waals surface area contributed by atoms with E-state index in [1.165, 1.54) is 24.3 Å². The molecule has 1 aromatic heterocycles. The van der Waals surface area contributed by atoms with Gasteiger partial charge in [-0.3, -0.25) is 10.1 Å². The maximum Gasteiger partial charge on any atom is 0.322 e. The number of benzene rings is 2. The number of carbonyl (C=O) groups is 1. The Labute approximate surface area is 138 Å². The summed E-state index contributed by atoms with van der Waals surface area (Å²) in [6, 6.07) is 11.7.